The minimum atomic E-state index is -3.61. The average molecular weight is 918 g/mol. The first-order chi connectivity index (χ1) is 29.9. The van der Waals surface area contributed by atoms with E-state index in [0.717, 1.165) is 6.42 Å². The molecule has 364 valence electrons. The topological polar surface area (TPSA) is 275 Å². The molecule has 0 aliphatic heterocycles. The van der Waals surface area contributed by atoms with Crippen molar-refractivity contribution in [3.8, 4) is 0 Å². The van der Waals surface area contributed by atoms with Crippen molar-refractivity contribution in [3.63, 3.8) is 0 Å². The normalized spacial score (nSPS) is 13.3. The second-order valence-electron chi connectivity index (χ2n) is 13.8. The molecule has 6 N–H and O–H groups in total. The van der Waals surface area contributed by atoms with Crippen LogP contribution in [0.2, 0.25) is 0 Å². The lowest BCUT2D eigenvalue weighted by molar-refractivity contribution is -0.131. The molecule has 0 bridgehead atoms. The molecule has 0 aliphatic carbocycles. The fourth-order valence-electron chi connectivity index (χ4n) is 4.75. The highest BCUT2D eigenvalue weighted by Crippen LogP contribution is 2.46. The lowest BCUT2D eigenvalue weighted by atomic mass is 10.1. The molecule has 0 saturated heterocycles. The molecule has 0 aromatic rings. The van der Waals surface area contributed by atoms with Crippen LogP contribution in [0.25, 0.3) is 0 Å². The molecule has 0 saturated carbocycles. The number of rotatable bonds is 44. The van der Waals surface area contributed by atoms with Crippen LogP contribution in [0, 0.1) is 0 Å². The standard InChI is InChI=1S/C39H76N5O17P/c1-6-15-54-17-12-40-35(45)9-7-33(38(48)41-13-18-56-22-20-52-4)43-36(46)10-8-34(39(49)42-14-19-57-23-21-53-5)44-37(47)11-16-55-24-25-58-26-27-59-28-29-60-30-31-61-62(50,51)32(2)3/h32-34H,6-31H2,1-5H3,(H,40,45)(H,41,48)(H,42,49)(H,43,46)(H,44,47)(H,50,51). The molecule has 62 heavy (non-hydrogen) atoms. The van der Waals surface area contributed by atoms with Crippen LogP contribution in [-0.4, -0.2) is 198 Å². The molecule has 0 heterocycles. The fourth-order valence-corrected chi connectivity index (χ4v) is 5.38. The number of ether oxygens (including phenoxy) is 9. The molecule has 0 rings (SSSR count). The number of nitrogens with one attached hydrogen (secondary N) is 5. The number of amides is 5. The third kappa shape index (κ3) is 35.6. The number of methoxy groups -OCH3 is 2. The lowest BCUT2D eigenvalue weighted by Crippen LogP contribution is -2.50. The minimum absolute atomic E-state index is 0.00943. The van der Waals surface area contributed by atoms with E-state index in [2.05, 4.69) is 26.6 Å². The monoisotopic (exact) mass is 917 g/mol. The Balaban J connectivity index is 4.91. The Morgan fingerprint density at radius 3 is 1.31 bits per heavy atom. The summed E-state index contributed by atoms with van der Waals surface area (Å²) >= 11 is 0. The summed E-state index contributed by atoms with van der Waals surface area (Å²) in [5.41, 5.74) is -0.482. The molecular weight excluding hydrogens is 841 g/mol. The van der Waals surface area contributed by atoms with Crippen LogP contribution in [0.5, 0.6) is 0 Å². The molecule has 0 aliphatic rings. The van der Waals surface area contributed by atoms with Gasteiger partial charge in [-0.15, -0.1) is 0 Å². The predicted octanol–water partition coefficient (Wildman–Crippen LogP) is -0.315. The van der Waals surface area contributed by atoms with Gasteiger partial charge in [-0.3, -0.25) is 28.5 Å². The summed E-state index contributed by atoms with van der Waals surface area (Å²) < 4.78 is 64.4. The summed E-state index contributed by atoms with van der Waals surface area (Å²) in [6.45, 7) is 10.5. The quantitative estimate of drug-likeness (QED) is 0.0338. The SMILES string of the molecule is CCCOCCNC(=O)CCC(NC(=O)CCC(NC(=O)CCOCCOCCOCCOCCOP(=O)(O)C(C)C)C(=O)NCCOCCOC)C(=O)NCCOCCOC. The highest BCUT2D eigenvalue weighted by molar-refractivity contribution is 7.53. The largest absolute Gasteiger partial charge is 0.382 e. The molecule has 0 spiro atoms. The summed E-state index contributed by atoms with van der Waals surface area (Å²) in [5.74, 6) is -2.38. The van der Waals surface area contributed by atoms with Gasteiger partial charge in [-0.25, -0.2) is 0 Å². The van der Waals surface area contributed by atoms with E-state index in [1.165, 1.54) is 0 Å². The van der Waals surface area contributed by atoms with Crippen LogP contribution in [0.15, 0.2) is 0 Å². The maximum absolute atomic E-state index is 13.2. The predicted molar refractivity (Wildman–Crippen MR) is 227 cm³/mol. The second-order valence-corrected chi connectivity index (χ2v) is 16.2. The zero-order valence-corrected chi connectivity index (χ0v) is 38.4. The zero-order valence-electron chi connectivity index (χ0n) is 37.5. The average Bonchev–Trinajstić information content (AvgIpc) is 3.24. The maximum Gasteiger partial charge on any atom is 0.330 e. The number of hydrogen-bond donors (Lipinski definition) is 6. The molecule has 3 unspecified atom stereocenters. The van der Waals surface area contributed by atoms with E-state index in [4.69, 9.17) is 47.2 Å². The van der Waals surface area contributed by atoms with E-state index >= 15 is 0 Å². The van der Waals surface area contributed by atoms with Gasteiger partial charge in [0.15, 0.2) is 0 Å². The Morgan fingerprint density at radius 2 is 0.855 bits per heavy atom. The van der Waals surface area contributed by atoms with Gasteiger partial charge < -0.3 is 78.6 Å². The van der Waals surface area contributed by atoms with Gasteiger partial charge in [0.2, 0.25) is 29.5 Å². The summed E-state index contributed by atoms with van der Waals surface area (Å²) in [6, 6.07) is -2.14. The van der Waals surface area contributed by atoms with E-state index < -0.39 is 49.0 Å². The van der Waals surface area contributed by atoms with Crippen LogP contribution in [0.1, 0.15) is 59.3 Å². The Kier molecular flexibility index (Phi) is 39.0. The summed E-state index contributed by atoms with van der Waals surface area (Å²) in [6.07, 6.45) is 0.447. The number of carbonyl (C=O) groups is 5. The molecular formula is C39H76N5O17P. The molecule has 0 fully saturated rings. The summed E-state index contributed by atoms with van der Waals surface area (Å²) in [5, 5.41) is 13.5. The van der Waals surface area contributed by atoms with Gasteiger partial charge in [0.05, 0.1) is 111 Å². The van der Waals surface area contributed by atoms with E-state index in [0.29, 0.717) is 66.0 Å². The van der Waals surface area contributed by atoms with Gasteiger partial charge in [-0.05, 0) is 19.3 Å². The van der Waals surface area contributed by atoms with Gasteiger partial charge in [0.25, 0.3) is 0 Å². The Labute approximate surface area is 367 Å². The number of carbonyl (C=O) groups excluding carboxylic acids is 5. The highest BCUT2D eigenvalue weighted by Gasteiger charge is 2.26. The Morgan fingerprint density at radius 1 is 0.484 bits per heavy atom. The molecule has 22 nitrogen and oxygen atoms in total. The second kappa shape index (κ2) is 40.9. The lowest BCUT2D eigenvalue weighted by Gasteiger charge is -2.21. The Hall–Kier alpha value is -2.86. The fraction of sp³-hybridized carbons (Fsp3) is 0.872. The molecule has 0 radical (unpaired) electrons. The molecule has 5 amide bonds. The first kappa shape index (κ1) is 59.1. The third-order valence-corrected chi connectivity index (χ3v) is 10.1. The molecule has 0 aromatic heterocycles. The van der Waals surface area contributed by atoms with Crippen LogP contribution < -0.4 is 26.6 Å². The van der Waals surface area contributed by atoms with E-state index in [1.54, 1.807) is 28.1 Å². The van der Waals surface area contributed by atoms with Crippen molar-refractivity contribution in [1.29, 1.82) is 0 Å². The van der Waals surface area contributed by atoms with Crippen molar-refractivity contribution in [2.75, 3.05) is 146 Å². The van der Waals surface area contributed by atoms with E-state index in [1.807, 2.05) is 6.92 Å². The van der Waals surface area contributed by atoms with Crippen molar-refractivity contribution in [2.24, 2.45) is 0 Å². The van der Waals surface area contributed by atoms with Crippen molar-refractivity contribution in [2.45, 2.75) is 77.0 Å². The molecule has 23 heteroatoms. The maximum atomic E-state index is 13.2. The van der Waals surface area contributed by atoms with Gasteiger partial charge in [-0.2, -0.15) is 0 Å². The van der Waals surface area contributed by atoms with E-state index in [-0.39, 0.29) is 104 Å². The van der Waals surface area contributed by atoms with E-state index in [9.17, 15) is 33.4 Å². The van der Waals surface area contributed by atoms with Crippen molar-refractivity contribution < 1.29 is 80.6 Å². The van der Waals surface area contributed by atoms with Crippen LogP contribution in [0.4, 0.5) is 0 Å². The first-order valence-electron chi connectivity index (χ1n) is 21.3. The first-order valence-corrected chi connectivity index (χ1v) is 22.9. The van der Waals surface area contributed by atoms with Gasteiger partial charge >= 0.3 is 7.60 Å². The number of hydrogen-bond acceptors (Lipinski definition) is 16. The summed E-state index contributed by atoms with van der Waals surface area (Å²) in [4.78, 5) is 74.3. The zero-order chi connectivity index (χ0) is 46.1. The van der Waals surface area contributed by atoms with Crippen LogP contribution in [0.3, 0.4) is 0 Å². The van der Waals surface area contributed by atoms with Gasteiger partial charge in [0, 0.05) is 59.7 Å². The van der Waals surface area contributed by atoms with Crippen LogP contribution in [-0.2, 0) is 75.7 Å². The Bertz CT molecular complexity index is 1220. The summed E-state index contributed by atoms with van der Waals surface area (Å²) in [7, 11) is -0.525. The van der Waals surface area contributed by atoms with Gasteiger partial charge in [0.1, 0.15) is 12.1 Å². The van der Waals surface area contributed by atoms with Crippen LogP contribution >= 0.6 is 7.60 Å². The van der Waals surface area contributed by atoms with Gasteiger partial charge in [-0.1, -0.05) is 20.8 Å². The molecule has 0 aromatic carbocycles. The third-order valence-electron chi connectivity index (χ3n) is 8.24. The highest BCUT2D eigenvalue weighted by atomic mass is 31.2. The smallest absolute Gasteiger partial charge is 0.330 e. The van der Waals surface area contributed by atoms with Crippen molar-refractivity contribution in [1.82, 2.24) is 26.6 Å². The van der Waals surface area contributed by atoms with Crippen molar-refractivity contribution in [3.05, 3.63) is 0 Å². The minimum Gasteiger partial charge on any atom is -0.382 e. The molecule has 3 atom stereocenters. The van der Waals surface area contributed by atoms with Crippen molar-refractivity contribution >= 4 is 37.1 Å².